The number of pyridine rings is 3. The molecule has 208 valence electrons. The first-order valence-corrected chi connectivity index (χ1v) is 14.3. The highest BCUT2D eigenvalue weighted by molar-refractivity contribution is 5.91. The minimum atomic E-state index is -0.0418. The fourth-order valence-electron chi connectivity index (χ4n) is 5.78. The van der Waals surface area contributed by atoms with Crippen molar-refractivity contribution in [3.63, 3.8) is 0 Å². The number of aromatic nitrogens is 6. The summed E-state index contributed by atoms with van der Waals surface area (Å²) >= 11 is 0. The second-order valence-corrected chi connectivity index (χ2v) is 10.9. The molecular formula is C34H31N7O. The van der Waals surface area contributed by atoms with E-state index in [9.17, 15) is 4.79 Å². The van der Waals surface area contributed by atoms with Crippen LogP contribution in [0.25, 0.3) is 44.8 Å². The van der Waals surface area contributed by atoms with Gasteiger partial charge in [-0.3, -0.25) is 19.8 Å². The van der Waals surface area contributed by atoms with E-state index in [0.717, 1.165) is 66.4 Å². The zero-order valence-electron chi connectivity index (χ0n) is 23.4. The van der Waals surface area contributed by atoms with Gasteiger partial charge in [-0.05, 0) is 61.3 Å². The Hall–Kier alpha value is -4.95. The summed E-state index contributed by atoms with van der Waals surface area (Å²) in [5.41, 5.74) is 6.64. The van der Waals surface area contributed by atoms with E-state index in [0.29, 0.717) is 22.6 Å². The number of piperidine rings is 1. The number of hydrogen-bond acceptors (Lipinski definition) is 6. The monoisotopic (exact) mass is 553 g/mol. The van der Waals surface area contributed by atoms with Gasteiger partial charge in [-0.15, -0.1) is 0 Å². The zero-order valence-corrected chi connectivity index (χ0v) is 23.4. The fourth-order valence-corrected chi connectivity index (χ4v) is 5.78. The summed E-state index contributed by atoms with van der Waals surface area (Å²) in [4.78, 5) is 29.4. The molecule has 2 aromatic carbocycles. The van der Waals surface area contributed by atoms with Crippen molar-refractivity contribution in [1.82, 2.24) is 34.6 Å². The summed E-state index contributed by atoms with van der Waals surface area (Å²) in [6.45, 7) is 2.91. The number of aromatic amines is 1. The number of hydrogen-bond donors (Lipinski definition) is 1. The molecule has 0 radical (unpaired) electrons. The van der Waals surface area contributed by atoms with E-state index in [-0.39, 0.29) is 5.56 Å². The summed E-state index contributed by atoms with van der Waals surface area (Å²) in [6, 6.07) is 28.5. The molecular weight excluding hydrogens is 522 g/mol. The highest BCUT2D eigenvalue weighted by Gasteiger charge is 2.24. The lowest BCUT2D eigenvalue weighted by Crippen LogP contribution is -2.32. The van der Waals surface area contributed by atoms with Crippen LogP contribution in [0.4, 0.5) is 0 Å². The Bertz CT molecular complexity index is 1890. The molecule has 0 amide bonds. The average Bonchev–Trinajstić information content (AvgIpc) is 3.55. The Kier molecular flexibility index (Phi) is 6.89. The van der Waals surface area contributed by atoms with Crippen molar-refractivity contribution < 1.29 is 0 Å². The molecule has 1 aliphatic rings. The molecule has 6 aromatic rings. The van der Waals surface area contributed by atoms with Crippen LogP contribution in [0.15, 0.2) is 102 Å². The summed E-state index contributed by atoms with van der Waals surface area (Å²) < 4.78 is 1.60. The smallest absolute Gasteiger partial charge is 0.259 e. The molecule has 1 fully saturated rings. The molecule has 8 nitrogen and oxygen atoms in total. The van der Waals surface area contributed by atoms with Gasteiger partial charge in [-0.25, -0.2) is 9.97 Å². The minimum Gasteiger partial charge on any atom is -0.318 e. The first-order chi connectivity index (χ1) is 20.6. The van der Waals surface area contributed by atoms with E-state index >= 15 is 0 Å². The predicted molar refractivity (Wildman–Crippen MR) is 165 cm³/mol. The molecule has 8 heteroatoms. The summed E-state index contributed by atoms with van der Waals surface area (Å²) in [6.07, 6.45) is 5.61. The number of rotatable bonds is 6. The number of fused-ring (bicyclic) bond motifs is 1. The summed E-state index contributed by atoms with van der Waals surface area (Å²) in [5.74, 6) is 1.99. The van der Waals surface area contributed by atoms with Gasteiger partial charge in [0.1, 0.15) is 11.5 Å². The maximum Gasteiger partial charge on any atom is 0.259 e. The highest BCUT2D eigenvalue weighted by atomic mass is 16.1. The predicted octanol–water partition coefficient (Wildman–Crippen LogP) is 5.83. The maximum absolute atomic E-state index is 12.9. The van der Waals surface area contributed by atoms with Crippen LogP contribution in [0, 0.1) is 0 Å². The molecule has 0 spiro atoms. The van der Waals surface area contributed by atoms with Crippen LogP contribution in [-0.2, 0) is 13.6 Å². The van der Waals surface area contributed by atoms with Crippen molar-refractivity contribution in [2.75, 3.05) is 13.1 Å². The lowest BCUT2D eigenvalue weighted by Gasteiger charge is -2.31. The van der Waals surface area contributed by atoms with Gasteiger partial charge in [0.15, 0.2) is 5.82 Å². The highest BCUT2D eigenvalue weighted by Crippen LogP contribution is 2.33. The molecule has 7 rings (SSSR count). The molecule has 0 aliphatic carbocycles. The summed E-state index contributed by atoms with van der Waals surface area (Å²) in [5, 5.41) is 8.17. The van der Waals surface area contributed by atoms with Gasteiger partial charge in [0.25, 0.3) is 5.56 Å². The van der Waals surface area contributed by atoms with Crippen molar-refractivity contribution in [1.29, 1.82) is 0 Å². The molecule has 5 heterocycles. The molecule has 1 aliphatic heterocycles. The number of aryl methyl sites for hydroxylation is 1. The van der Waals surface area contributed by atoms with Crippen LogP contribution in [0.5, 0.6) is 0 Å². The van der Waals surface area contributed by atoms with Crippen molar-refractivity contribution >= 4 is 10.9 Å². The van der Waals surface area contributed by atoms with E-state index in [1.54, 1.807) is 24.0 Å². The molecule has 42 heavy (non-hydrogen) atoms. The Labute approximate surface area is 243 Å². The lowest BCUT2D eigenvalue weighted by atomic mass is 9.95. The number of likely N-dealkylation sites (tertiary alicyclic amines) is 1. The van der Waals surface area contributed by atoms with Gasteiger partial charge in [-0.1, -0.05) is 60.7 Å². The van der Waals surface area contributed by atoms with E-state index in [1.165, 1.54) is 5.56 Å². The Morgan fingerprint density at radius 3 is 2.43 bits per heavy atom. The lowest BCUT2D eigenvalue weighted by molar-refractivity contribution is 0.202. The van der Waals surface area contributed by atoms with Crippen molar-refractivity contribution in [3.05, 3.63) is 119 Å². The second kappa shape index (κ2) is 11.1. The molecule has 1 N–H and O–H groups in total. The SMILES string of the molecule is Cn1ccc2nc(-c3ccc(CN4CCC(c5nc(-c6ccccn6)n[nH]5)CC4)cc3)c(-c3ccccc3)cc2c1=O. The first kappa shape index (κ1) is 26.0. The van der Waals surface area contributed by atoms with E-state index in [4.69, 9.17) is 9.97 Å². The third-order valence-electron chi connectivity index (χ3n) is 8.15. The van der Waals surface area contributed by atoms with Crippen LogP contribution in [0.3, 0.4) is 0 Å². The third kappa shape index (κ3) is 5.12. The third-order valence-corrected chi connectivity index (χ3v) is 8.15. The number of H-pyrrole nitrogens is 1. The molecule has 0 saturated carbocycles. The van der Waals surface area contributed by atoms with Gasteiger partial charge in [0, 0.05) is 43.0 Å². The van der Waals surface area contributed by atoms with Gasteiger partial charge in [0.2, 0.25) is 0 Å². The largest absolute Gasteiger partial charge is 0.318 e. The number of benzene rings is 2. The van der Waals surface area contributed by atoms with E-state index in [1.807, 2.05) is 48.5 Å². The topological polar surface area (TPSA) is 92.6 Å². The van der Waals surface area contributed by atoms with Crippen molar-refractivity contribution in [3.8, 4) is 33.9 Å². The van der Waals surface area contributed by atoms with Crippen LogP contribution in [0.2, 0.25) is 0 Å². The standard InChI is InChI=1S/C34H31N7O/c1-40-18-16-29-28(34(40)42)21-27(24-7-3-2-4-8-24)31(36-29)25-12-10-23(11-13-25)22-41-19-14-26(15-20-41)32-37-33(39-38-32)30-9-5-6-17-35-30/h2-13,16-18,21,26H,14-15,19-20,22H2,1H3,(H,37,38,39). The first-order valence-electron chi connectivity index (χ1n) is 14.3. The number of nitrogens with zero attached hydrogens (tertiary/aromatic N) is 6. The fraction of sp³-hybridized carbons (Fsp3) is 0.206. The molecule has 4 aromatic heterocycles. The Morgan fingerprint density at radius 1 is 0.881 bits per heavy atom. The van der Waals surface area contributed by atoms with Crippen molar-refractivity contribution in [2.45, 2.75) is 25.3 Å². The van der Waals surface area contributed by atoms with Gasteiger partial charge < -0.3 is 4.57 Å². The quantitative estimate of drug-likeness (QED) is 0.279. The van der Waals surface area contributed by atoms with Crippen LogP contribution >= 0.6 is 0 Å². The van der Waals surface area contributed by atoms with Crippen LogP contribution in [-0.4, -0.2) is 47.7 Å². The molecule has 0 unspecified atom stereocenters. The molecule has 0 bridgehead atoms. The second-order valence-electron chi connectivity index (χ2n) is 10.9. The molecule has 1 saturated heterocycles. The van der Waals surface area contributed by atoms with Gasteiger partial charge in [0.05, 0.1) is 16.6 Å². The maximum atomic E-state index is 12.9. The van der Waals surface area contributed by atoms with Crippen molar-refractivity contribution in [2.24, 2.45) is 7.05 Å². The van der Waals surface area contributed by atoms with Gasteiger partial charge >= 0.3 is 0 Å². The Morgan fingerprint density at radius 2 is 1.67 bits per heavy atom. The van der Waals surface area contributed by atoms with Crippen LogP contribution < -0.4 is 5.56 Å². The molecule has 0 atom stereocenters. The minimum absolute atomic E-state index is 0.0418. The number of nitrogens with one attached hydrogen (secondary N) is 1. The Balaban J connectivity index is 1.07. The summed E-state index contributed by atoms with van der Waals surface area (Å²) in [7, 11) is 1.77. The van der Waals surface area contributed by atoms with Gasteiger partial charge in [-0.2, -0.15) is 5.10 Å². The zero-order chi connectivity index (χ0) is 28.5. The van der Waals surface area contributed by atoms with E-state index in [2.05, 4.69) is 56.5 Å². The average molecular weight is 554 g/mol. The normalized spacial score (nSPS) is 14.4. The van der Waals surface area contributed by atoms with Crippen LogP contribution in [0.1, 0.15) is 30.1 Å². The van der Waals surface area contributed by atoms with E-state index < -0.39 is 0 Å².